The molecular formula is C14H23N3O2S. The van der Waals surface area contributed by atoms with E-state index in [0.29, 0.717) is 19.1 Å². The number of hydrogen-bond donors (Lipinski definition) is 2. The zero-order valence-electron chi connectivity index (χ0n) is 11.9. The molecule has 1 saturated heterocycles. The summed E-state index contributed by atoms with van der Waals surface area (Å²) in [5.74, 6) is 0. The highest BCUT2D eigenvalue weighted by Gasteiger charge is 2.21. The predicted molar refractivity (Wildman–Crippen MR) is 81.0 cm³/mol. The molecule has 5 nitrogen and oxygen atoms in total. The van der Waals surface area contributed by atoms with Crippen LogP contribution in [0.5, 0.6) is 0 Å². The molecule has 1 aliphatic heterocycles. The van der Waals surface area contributed by atoms with Gasteiger partial charge in [0.1, 0.15) is 0 Å². The lowest BCUT2D eigenvalue weighted by atomic mass is 10.2. The minimum absolute atomic E-state index is 0.452. The molecule has 0 saturated carbocycles. The van der Waals surface area contributed by atoms with Crippen molar-refractivity contribution in [2.75, 3.05) is 32.4 Å². The van der Waals surface area contributed by atoms with Crippen molar-refractivity contribution in [3.8, 4) is 0 Å². The van der Waals surface area contributed by atoms with Crippen LogP contribution in [0.4, 0.5) is 0 Å². The van der Waals surface area contributed by atoms with Crippen LogP contribution in [0.25, 0.3) is 0 Å². The summed E-state index contributed by atoms with van der Waals surface area (Å²) in [6, 6.07) is 10.9. The molecule has 1 aromatic rings. The van der Waals surface area contributed by atoms with Gasteiger partial charge >= 0.3 is 0 Å². The number of hydrogen-bond acceptors (Lipinski definition) is 4. The van der Waals surface area contributed by atoms with Crippen LogP contribution in [0, 0.1) is 0 Å². The van der Waals surface area contributed by atoms with Gasteiger partial charge in [0.2, 0.25) is 10.0 Å². The smallest absolute Gasteiger partial charge is 0.208 e. The van der Waals surface area contributed by atoms with E-state index < -0.39 is 10.0 Å². The molecule has 6 heteroatoms. The van der Waals surface area contributed by atoms with E-state index in [9.17, 15) is 8.42 Å². The lowest BCUT2D eigenvalue weighted by molar-refractivity contribution is 0.320. The molecule has 2 rings (SSSR count). The van der Waals surface area contributed by atoms with Gasteiger partial charge in [-0.15, -0.1) is 0 Å². The second-order valence-corrected chi connectivity index (χ2v) is 7.16. The Bertz CT molecular complexity index is 504. The molecule has 1 aliphatic rings. The van der Waals surface area contributed by atoms with Crippen molar-refractivity contribution in [3.05, 3.63) is 35.9 Å². The maximum atomic E-state index is 10.9. The van der Waals surface area contributed by atoms with E-state index in [0.717, 1.165) is 26.1 Å². The summed E-state index contributed by atoms with van der Waals surface area (Å²) in [6.07, 6.45) is 2.30. The lowest BCUT2D eigenvalue weighted by Gasteiger charge is -2.16. The molecule has 0 aliphatic carbocycles. The van der Waals surface area contributed by atoms with Gasteiger partial charge in [-0.2, -0.15) is 0 Å². The van der Waals surface area contributed by atoms with Gasteiger partial charge in [0.05, 0.1) is 6.26 Å². The van der Waals surface area contributed by atoms with Gasteiger partial charge in [-0.25, -0.2) is 13.1 Å². The maximum absolute atomic E-state index is 10.9. The van der Waals surface area contributed by atoms with E-state index in [-0.39, 0.29) is 0 Å². The Balaban J connectivity index is 1.65. The van der Waals surface area contributed by atoms with E-state index in [1.165, 1.54) is 11.8 Å². The second-order valence-electron chi connectivity index (χ2n) is 5.33. The molecule has 1 atom stereocenters. The van der Waals surface area contributed by atoms with Crippen molar-refractivity contribution in [1.29, 1.82) is 0 Å². The zero-order chi connectivity index (χ0) is 14.4. The van der Waals surface area contributed by atoms with E-state index in [2.05, 4.69) is 39.2 Å². The molecule has 0 aromatic heterocycles. The van der Waals surface area contributed by atoms with Crippen LogP contribution >= 0.6 is 0 Å². The molecule has 1 heterocycles. The monoisotopic (exact) mass is 297 g/mol. The Morgan fingerprint density at radius 2 is 2.00 bits per heavy atom. The number of nitrogens with zero attached hydrogens (tertiary/aromatic N) is 1. The zero-order valence-corrected chi connectivity index (χ0v) is 12.7. The number of rotatable bonds is 7. The summed E-state index contributed by atoms with van der Waals surface area (Å²) in [7, 11) is -3.07. The summed E-state index contributed by atoms with van der Waals surface area (Å²) in [6.45, 7) is 4.23. The maximum Gasteiger partial charge on any atom is 0.208 e. The Morgan fingerprint density at radius 1 is 1.25 bits per heavy atom. The summed E-state index contributed by atoms with van der Waals surface area (Å²) < 4.78 is 24.4. The largest absolute Gasteiger partial charge is 0.311 e. The van der Waals surface area contributed by atoms with Crippen LogP contribution in [0.15, 0.2) is 30.3 Å². The van der Waals surface area contributed by atoms with Gasteiger partial charge in [-0.05, 0) is 12.0 Å². The summed E-state index contributed by atoms with van der Waals surface area (Å²) in [5, 5.41) is 3.40. The van der Waals surface area contributed by atoms with Crippen LogP contribution < -0.4 is 10.0 Å². The SMILES string of the molecule is CS(=O)(=O)NCCNC1CCN(Cc2ccccc2)C1. The Morgan fingerprint density at radius 3 is 2.70 bits per heavy atom. The molecule has 0 bridgehead atoms. The summed E-state index contributed by atoms with van der Waals surface area (Å²) in [4.78, 5) is 2.43. The highest BCUT2D eigenvalue weighted by molar-refractivity contribution is 7.88. The van der Waals surface area contributed by atoms with Crippen molar-refractivity contribution in [2.24, 2.45) is 0 Å². The number of benzene rings is 1. The molecule has 20 heavy (non-hydrogen) atoms. The molecule has 0 radical (unpaired) electrons. The minimum atomic E-state index is -3.07. The molecule has 2 N–H and O–H groups in total. The highest BCUT2D eigenvalue weighted by atomic mass is 32.2. The topological polar surface area (TPSA) is 61.4 Å². The van der Waals surface area contributed by atoms with Gasteiger partial charge in [0.15, 0.2) is 0 Å². The fourth-order valence-electron chi connectivity index (χ4n) is 2.50. The van der Waals surface area contributed by atoms with E-state index in [1.807, 2.05) is 6.07 Å². The van der Waals surface area contributed by atoms with Crippen molar-refractivity contribution in [3.63, 3.8) is 0 Å². The van der Waals surface area contributed by atoms with E-state index >= 15 is 0 Å². The fraction of sp³-hybridized carbons (Fsp3) is 0.571. The van der Waals surface area contributed by atoms with Gasteiger partial charge in [-0.3, -0.25) is 4.90 Å². The molecule has 0 amide bonds. The number of likely N-dealkylation sites (tertiary alicyclic amines) is 1. The van der Waals surface area contributed by atoms with Crippen LogP contribution in [0.3, 0.4) is 0 Å². The third kappa shape index (κ3) is 5.58. The Kier molecular flexibility index (Phi) is 5.54. The van der Waals surface area contributed by atoms with E-state index in [1.54, 1.807) is 0 Å². The molecule has 0 spiro atoms. The first-order valence-electron chi connectivity index (χ1n) is 6.97. The Labute approximate surface area is 121 Å². The summed E-state index contributed by atoms with van der Waals surface area (Å²) in [5.41, 5.74) is 1.34. The lowest BCUT2D eigenvalue weighted by Crippen LogP contribution is -2.38. The highest BCUT2D eigenvalue weighted by Crippen LogP contribution is 2.13. The van der Waals surface area contributed by atoms with Crippen LogP contribution in [-0.4, -0.2) is 51.8 Å². The number of nitrogens with one attached hydrogen (secondary N) is 2. The van der Waals surface area contributed by atoms with Gasteiger partial charge < -0.3 is 5.32 Å². The first-order chi connectivity index (χ1) is 9.53. The average molecular weight is 297 g/mol. The van der Waals surface area contributed by atoms with Crippen LogP contribution in [0.2, 0.25) is 0 Å². The Hall–Kier alpha value is -0.950. The third-order valence-electron chi connectivity index (χ3n) is 3.44. The van der Waals surface area contributed by atoms with Crippen molar-refractivity contribution < 1.29 is 8.42 Å². The first kappa shape index (κ1) is 15.4. The normalized spacial score (nSPS) is 20.4. The quantitative estimate of drug-likeness (QED) is 0.715. The summed E-state index contributed by atoms with van der Waals surface area (Å²) >= 11 is 0. The molecule has 1 fully saturated rings. The molecular weight excluding hydrogens is 274 g/mol. The first-order valence-corrected chi connectivity index (χ1v) is 8.86. The standard InChI is InChI=1S/C14H23N3O2S/c1-20(18,19)16-9-8-15-14-7-10-17(12-14)11-13-5-3-2-4-6-13/h2-6,14-16H,7-12H2,1H3. The predicted octanol–water partition coefficient (Wildman–Crippen LogP) is 0.400. The van der Waals surface area contributed by atoms with Crippen LogP contribution in [0.1, 0.15) is 12.0 Å². The molecule has 112 valence electrons. The molecule has 1 aromatic carbocycles. The van der Waals surface area contributed by atoms with Crippen molar-refractivity contribution in [2.45, 2.75) is 19.0 Å². The van der Waals surface area contributed by atoms with Crippen molar-refractivity contribution in [1.82, 2.24) is 14.9 Å². The number of sulfonamides is 1. The van der Waals surface area contributed by atoms with Crippen molar-refractivity contribution >= 4 is 10.0 Å². The van der Waals surface area contributed by atoms with Gasteiger partial charge in [0, 0.05) is 38.8 Å². The van der Waals surface area contributed by atoms with Gasteiger partial charge in [-0.1, -0.05) is 30.3 Å². The fourth-order valence-corrected chi connectivity index (χ4v) is 2.97. The van der Waals surface area contributed by atoms with Crippen LogP contribution in [-0.2, 0) is 16.6 Å². The van der Waals surface area contributed by atoms with Gasteiger partial charge in [0.25, 0.3) is 0 Å². The third-order valence-corrected chi connectivity index (χ3v) is 4.17. The molecule has 1 unspecified atom stereocenters. The second kappa shape index (κ2) is 7.17. The van der Waals surface area contributed by atoms with E-state index in [4.69, 9.17) is 0 Å². The minimum Gasteiger partial charge on any atom is -0.311 e. The average Bonchev–Trinajstić information content (AvgIpc) is 2.82.